The van der Waals surface area contributed by atoms with E-state index in [1.807, 2.05) is 16.9 Å². The van der Waals surface area contributed by atoms with Gasteiger partial charge in [0.2, 0.25) is 5.91 Å². The maximum atomic E-state index is 12.6. The average molecular weight is 382 g/mol. The average Bonchev–Trinajstić information content (AvgIpc) is 3.25. The molecular weight excluding hydrogens is 350 g/mol. The fourth-order valence-corrected chi connectivity index (χ4v) is 4.29. The topological polar surface area (TPSA) is 44.6 Å². The number of hydrogen-bond donors (Lipinski definition) is 0. The van der Waals surface area contributed by atoms with Gasteiger partial charge < -0.3 is 4.90 Å². The van der Waals surface area contributed by atoms with Crippen molar-refractivity contribution in [2.75, 3.05) is 39.3 Å². The van der Waals surface area contributed by atoms with Crippen LogP contribution in [0.25, 0.3) is 5.69 Å². The molecule has 2 aliphatic heterocycles. The van der Waals surface area contributed by atoms with Gasteiger partial charge in [0.1, 0.15) is 0 Å². The molecule has 2 aliphatic rings. The van der Waals surface area contributed by atoms with Gasteiger partial charge in [-0.2, -0.15) is 5.10 Å². The molecule has 1 aromatic carbocycles. The predicted molar refractivity (Wildman–Crippen MR) is 110 cm³/mol. The summed E-state index contributed by atoms with van der Waals surface area (Å²) >= 11 is 0. The summed E-state index contributed by atoms with van der Waals surface area (Å²) in [5.41, 5.74) is 2.41. The molecule has 0 radical (unpaired) electrons. The highest BCUT2D eigenvalue weighted by atomic mass is 16.2. The Kier molecular flexibility index (Phi) is 6.07. The zero-order valence-corrected chi connectivity index (χ0v) is 16.8. The molecule has 1 amide bonds. The second kappa shape index (κ2) is 8.88. The molecule has 0 unspecified atom stereocenters. The van der Waals surface area contributed by atoms with Crippen LogP contribution in [0.15, 0.2) is 42.7 Å². The largest absolute Gasteiger partial charge is 0.339 e. The Morgan fingerprint density at radius 1 is 1.04 bits per heavy atom. The van der Waals surface area contributed by atoms with Crippen LogP contribution in [0.2, 0.25) is 0 Å². The Morgan fingerprint density at radius 3 is 2.46 bits per heavy atom. The van der Waals surface area contributed by atoms with Gasteiger partial charge in [0.15, 0.2) is 0 Å². The molecular formula is C22H31N5O. The van der Waals surface area contributed by atoms with E-state index in [0.717, 1.165) is 57.8 Å². The minimum atomic E-state index is 0.315. The number of nitrogens with zero attached hydrogens (tertiary/aromatic N) is 5. The van der Waals surface area contributed by atoms with E-state index in [9.17, 15) is 4.79 Å². The number of hydrogen-bond acceptors (Lipinski definition) is 4. The Balaban J connectivity index is 1.23. The second-order valence-corrected chi connectivity index (χ2v) is 8.10. The van der Waals surface area contributed by atoms with E-state index >= 15 is 0 Å². The van der Waals surface area contributed by atoms with Gasteiger partial charge in [0.25, 0.3) is 0 Å². The van der Waals surface area contributed by atoms with E-state index in [1.54, 1.807) is 6.20 Å². The normalized spacial score (nSPS) is 21.8. The van der Waals surface area contributed by atoms with Gasteiger partial charge in [-0.05, 0) is 49.9 Å². The summed E-state index contributed by atoms with van der Waals surface area (Å²) < 4.78 is 1.88. The summed E-state index contributed by atoms with van der Waals surface area (Å²) in [5.74, 6) is 0.315. The molecule has 0 saturated carbocycles. The molecule has 0 aliphatic carbocycles. The van der Waals surface area contributed by atoms with Gasteiger partial charge in [0.05, 0.1) is 12.2 Å². The number of piperidine rings is 1. The molecule has 2 fully saturated rings. The highest BCUT2D eigenvalue weighted by Gasteiger charge is 2.26. The first-order valence-electron chi connectivity index (χ1n) is 10.5. The summed E-state index contributed by atoms with van der Waals surface area (Å²) in [7, 11) is 0. The molecule has 2 saturated heterocycles. The predicted octanol–water partition coefficient (Wildman–Crippen LogP) is 2.39. The van der Waals surface area contributed by atoms with Crippen molar-refractivity contribution in [1.29, 1.82) is 0 Å². The van der Waals surface area contributed by atoms with Gasteiger partial charge in [-0.1, -0.05) is 12.1 Å². The van der Waals surface area contributed by atoms with Crippen LogP contribution >= 0.6 is 0 Å². The fourth-order valence-electron chi connectivity index (χ4n) is 4.29. The SMILES string of the molecule is C[C@@H]1CCCCN1C(=O)CN1CCN(Cc2ccc(-n3cccn3)cc2)CC1. The second-order valence-electron chi connectivity index (χ2n) is 8.10. The van der Waals surface area contributed by atoms with Gasteiger partial charge >= 0.3 is 0 Å². The Hall–Kier alpha value is -2.18. The third kappa shape index (κ3) is 4.62. The van der Waals surface area contributed by atoms with E-state index in [1.165, 1.54) is 12.0 Å². The number of carbonyl (C=O) groups excluding carboxylic acids is 1. The lowest BCUT2D eigenvalue weighted by molar-refractivity contribution is -0.136. The number of likely N-dealkylation sites (tertiary alicyclic amines) is 1. The van der Waals surface area contributed by atoms with Crippen molar-refractivity contribution >= 4 is 5.91 Å². The van der Waals surface area contributed by atoms with Gasteiger partial charge in [-0.25, -0.2) is 4.68 Å². The zero-order valence-electron chi connectivity index (χ0n) is 16.8. The molecule has 6 heteroatoms. The summed E-state index contributed by atoms with van der Waals surface area (Å²) in [6, 6.07) is 11.0. The molecule has 6 nitrogen and oxygen atoms in total. The van der Waals surface area contributed by atoms with Crippen molar-refractivity contribution in [2.24, 2.45) is 0 Å². The molecule has 0 N–H and O–H groups in total. The molecule has 2 aromatic rings. The summed E-state index contributed by atoms with van der Waals surface area (Å²) in [5, 5.41) is 4.27. The van der Waals surface area contributed by atoms with Crippen molar-refractivity contribution in [1.82, 2.24) is 24.5 Å². The van der Waals surface area contributed by atoms with E-state index in [2.05, 4.69) is 51.0 Å². The first-order chi connectivity index (χ1) is 13.7. The minimum absolute atomic E-state index is 0.315. The Morgan fingerprint density at radius 2 is 1.79 bits per heavy atom. The summed E-state index contributed by atoms with van der Waals surface area (Å²) in [6.07, 6.45) is 7.32. The van der Waals surface area contributed by atoms with Crippen molar-refractivity contribution in [3.8, 4) is 5.69 Å². The molecule has 0 spiro atoms. The molecule has 3 heterocycles. The first-order valence-corrected chi connectivity index (χ1v) is 10.5. The lowest BCUT2D eigenvalue weighted by Crippen LogP contribution is -2.51. The highest BCUT2D eigenvalue weighted by molar-refractivity contribution is 5.78. The third-order valence-electron chi connectivity index (χ3n) is 6.06. The number of aromatic nitrogens is 2. The lowest BCUT2D eigenvalue weighted by Gasteiger charge is -2.38. The summed E-state index contributed by atoms with van der Waals surface area (Å²) in [4.78, 5) is 19.5. The van der Waals surface area contributed by atoms with Crippen LogP contribution in [0.4, 0.5) is 0 Å². The summed E-state index contributed by atoms with van der Waals surface area (Å²) in [6.45, 7) is 8.65. The number of benzene rings is 1. The van der Waals surface area contributed by atoms with E-state index in [-0.39, 0.29) is 0 Å². The van der Waals surface area contributed by atoms with Crippen LogP contribution in [-0.4, -0.2) is 75.7 Å². The maximum absolute atomic E-state index is 12.6. The van der Waals surface area contributed by atoms with Crippen LogP contribution in [0.1, 0.15) is 31.7 Å². The number of rotatable bonds is 5. The van der Waals surface area contributed by atoms with Crippen LogP contribution in [-0.2, 0) is 11.3 Å². The molecule has 28 heavy (non-hydrogen) atoms. The fraction of sp³-hybridized carbons (Fsp3) is 0.545. The van der Waals surface area contributed by atoms with Crippen LogP contribution in [0.3, 0.4) is 0 Å². The van der Waals surface area contributed by atoms with Crippen molar-refractivity contribution < 1.29 is 4.79 Å². The minimum Gasteiger partial charge on any atom is -0.339 e. The standard InChI is InChI=1S/C22H31N5O/c1-19-5-2-3-11-26(19)22(28)18-25-15-13-24(14-16-25)17-20-6-8-21(9-7-20)27-12-4-10-23-27/h4,6-10,12,19H,2-3,5,11,13-18H2,1H3/t19-/m1/s1. The Bertz CT molecular complexity index is 750. The number of amides is 1. The monoisotopic (exact) mass is 381 g/mol. The van der Waals surface area contributed by atoms with Gasteiger partial charge in [-0.15, -0.1) is 0 Å². The quantitative estimate of drug-likeness (QED) is 0.798. The molecule has 1 atom stereocenters. The molecule has 4 rings (SSSR count). The first kappa shape index (κ1) is 19.2. The zero-order chi connectivity index (χ0) is 19.3. The maximum Gasteiger partial charge on any atom is 0.236 e. The van der Waals surface area contributed by atoms with Crippen LogP contribution in [0.5, 0.6) is 0 Å². The van der Waals surface area contributed by atoms with Crippen LogP contribution < -0.4 is 0 Å². The smallest absolute Gasteiger partial charge is 0.236 e. The van der Waals surface area contributed by atoms with E-state index in [4.69, 9.17) is 0 Å². The van der Waals surface area contributed by atoms with Gasteiger partial charge in [-0.3, -0.25) is 14.6 Å². The molecule has 150 valence electrons. The number of piperazine rings is 1. The van der Waals surface area contributed by atoms with E-state index < -0.39 is 0 Å². The van der Waals surface area contributed by atoms with Gasteiger partial charge in [0, 0.05) is 57.7 Å². The van der Waals surface area contributed by atoms with Crippen molar-refractivity contribution in [3.63, 3.8) is 0 Å². The van der Waals surface area contributed by atoms with E-state index in [0.29, 0.717) is 18.5 Å². The molecule has 0 bridgehead atoms. The highest BCUT2D eigenvalue weighted by Crippen LogP contribution is 2.17. The third-order valence-corrected chi connectivity index (χ3v) is 6.06. The molecule has 1 aromatic heterocycles. The van der Waals surface area contributed by atoms with Crippen LogP contribution in [0, 0.1) is 0 Å². The lowest BCUT2D eigenvalue weighted by atomic mass is 10.0. The van der Waals surface area contributed by atoms with Crippen molar-refractivity contribution in [3.05, 3.63) is 48.3 Å². The van der Waals surface area contributed by atoms with Crippen molar-refractivity contribution in [2.45, 2.75) is 38.8 Å². The Labute approximate surface area is 167 Å². The number of carbonyl (C=O) groups is 1.